The summed E-state index contributed by atoms with van der Waals surface area (Å²) in [7, 11) is 3.85. The maximum absolute atomic E-state index is 5.89. The normalized spacial score (nSPS) is 14.1. The number of rotatable bonds is 12. The van der Waals surface area contributed by atoms with Crippen LogP contribution in [0.5, 0.6) is 11.5 Å². The van der Waals surface area contributed by atoms with E-state index in [0.717, 1.165) is 86.3 Å². The van der Waals surface area contributed by atoms with Crippen molar-refractivity contribution in [3.63, 3.8) is 0 Å². The molecule has 1 fully saturated rings. The van der Waals surface area contributed by atoms with E-state index in [9.17, 15) is 0 Å². The molecule has 0 N–H and O–H groups in total. The van der Waals surface area contributed by atoms with Crippen molar-refractivity contribution in [2.45, 2.75) is 19.6 Å². The van der Waals surface area contributed by atoms with Gasteiger partial charge in [0.15, 0.2) is 5.76 Å². The number of anilines is 1. The van der Waals surface area contributed by atoms with Crippen molar-refractivity contribution in [3.05, 3.63) is 96.3 Å². The van der Waals surface area contributed by atoms with Gasteiger partial charge in [-0.3, -0.25) is 9.80 Å². The molecule has 1 aromatic heterocycles. The summed E-state index contributed by atoms with van der Waals surface area (Å²) >= 11 is 0. The highest BCUT2D eigenvalue weighted by molar-refractivity contribution is 5.59. The Morgan fingerprint density at radius 1 is 0.872 bits per heavy atom. The van der Waals surface area contributed by atoms with E-state index in [1.165, 1.54) is 5.69 Å². The number of benzene rings is 3. The molecule has 0 amide bonds. The molecule has 3 aromatic carbocycles. The predicted molar refractivity (Wildman–Crippen MR) is 155 cm³/mol. The van der Waals surface area contributed by atoms with Crippen molar-refractivity contribution in [1.82, 2.24) is 15.0 Å². The predicted octanol–water partition coefficient (Wildman–Crippen LogP) is 5.57. The Balaban J connectivity index is 1.01. The molecule has 7 nitrogen and oxygen atoms in total. The van der Waals surface area contributed by atoms with Gasteiger partial charge in [0.2, 0.25) is 0 Å². The van der Waals surface area contributed by atoms with Crippen molar-refractivity contribution in [1.29, 1.82) is 0 Å². The first-order valence-electron chi connectivity index (χ1n) is 13.7. The Hall–Kier alpha value is -3.81. The van der Waals surface area contributed by atoms with Gasteiger partial charge in [-0.05, 0) is 80.7 Å². The molecule has 1 saturated heterocycles. The summed E-state index contributed by atoms with van der Waals surface area (Å²) in [5.41, 5.74) is 4.30. The minimum atomic E-state index is 0.556. The lowest BCUT2D eigenvalue weighted by atomic mass is 10.1. The first-order chi connectivity index (χ1) is 19.2. The molecule has 5 rings (SSSR count). The molecule has 2 heterocycles. The lowest BCUT2D eigenvalue weighted by Crippen LogP contribution is -2.47. The second kappa shape index (κ2) is 13.3. The monoisotopic (exact) mass is 526 g/mol. The fourth-order valence-corrected chi connectivity index (χ4v) is 4.92. The Kier molecular flexibility index (Phi) is 9.14. The summed E-state index contributed by atoms with van der Waals surface area (Å²) in [4.78, 5) is 7.32. The van der Waals surface area contributed by atoms with E-state index in [2.05, 4.69) is 51.2 Å². The Bertz CT molecular complexity index is 1270. The first kappa shape index (κ1) is 26.8. The average Bonchev–Trinajstić information content (AvgIpc) is 3.45. The van der Waals surface area contributed by atoms with Crippen LogP contribution in [0.1, 0.15) is 17.7 Å². The molecule has 1 aliphatic heterocycles. The number of ether oxygens (including phenoxy) is 2. The van der Waals surface area contributed by atoms with Crippen LogP contribution in [0.25, 0.3) is 11.3 Å². The van der Waals surface area contributed by atoms with Gasteiger partial charge in [0.25, 0.3) is 0 Å². The fourth-order valence-electron chi connectivity index (χ4n) is 4.92. The summed E-state index contributed by atoms with van der Waals surface area (Å²) in [6.45, 7) is 7.74. The number of hydrogen-bond acceptors (Lipinski definition) is 7. The Morgan fingerprint density at radius 3 is 2.31 bits per heavy atom. The van der Waals surface area contributed by atoms with E-state index >= 15 is 0 Å². The van der Waals surface area contributed by atoms with Crippen LogP contribution in [0.15, 0.2) is 89.5 Å². The number of nitrogens with zero attached hydrogens (tertiary/aromatic N) is 4. The number of hydrogen-bond donors (Lipinski definition) is 0. The van der Waals surface area contributed by atoms with E-state index in [4.69, 9.17) is 14.0 Å². The summed E-state index contributed by atoms with van der Waals surface area (Å²) < 4.78 is 16.8. The van der Waals surface area contributed by atoms with Gasteiger partial charge in [0, 0.05) is 43.5 Å². The molecule has 7 heteroatoms. The van der Waals surface area contributed by atoms with Crippen LogP contribution < -0.4 is 14.4 Å². The third-order valence-electron chi connectivity index (χ3n) is 7.21. The second-order valence-electron chi connectivity index (χ2n) is 10.1. The highest BCUT2D eigenvalue weighted by atomic mass is 16.5. The summed E-state index contributed by atoms with van der Waals surface area (Å²) in [5.74, 6) is 2.63. The maximum atomic E-state index is 5.89. The molecule has 0 unspecified atom stereocenters. The molecule has 0 aliphatic carbocycles. The molecule has 204 valence electrons. The van der Waals surface area contributed by atoms with Gasteiger partial charge in [-0.15, -0.1) is 0 Å². The maximum Gasteiger partial charge on any atom is 0.151 e. The molecule has 0 atom stereocenters. The Morgan fingerprint density at radius 2 is 1.59 bits per heavy atom. The van der Waals surface area contributed by atoms with Crippen molar-refractivity contribution in [2.75, 3.05) is 58.3 Å². The zero-order chi connectivity index (χ0) is 26.9. The number of piperazine rings is 1. The topological polar surface area (TPSA) is 54.2 Å². The van der Waals surface area contributed by atoms with Gasteiger partial charge < -0.3 is 18.9 Å². The number of methoxy groups -OCH3 is 1. The number of aromatic nitrogens is 1. The van der Waals surface area contributed by atoms with E-state index < -0.39 is 0 Å². The van der Waals surface area contributed by atoms with Crippen LogP contribution >= 0.6 is 0 Å². The molecular formula is C32H38N4O3. The third kappa shape index (κ3) is 7.62. The van der Waals surface area contributed by atoms with E-state index in [0.29, 0.717) is 6.61 Å². The van der Waals surface area contributed by atoms with Gasteiger partial charge in [0.05, 0.1) is 13.7 Å². The standard InChI is InChI=1S/C32H38N4O3/c1-34(17-6-18-35-19-21-36(22-20-35)28-11-15-29(37-2)16-12-28)24-31-23-32(33-39-31)27-9-13-30(14-10-27)38-25-26-7-4-3-5-8-26/h3-5,7-16,23H,6,17-22,24-25H2,1-2H3. The summed E-state index contributed by atoms with van der Waals surface area (Å²) in [5, 5.41) is 4.30. The molecule has 4 aromatic rings. The highest BCUT2D eigenvalue weighted by Crippen LogP contribution is 2.24. The van der Waals surface area contributed by atoms with Crippen LogP contribution in [0.3, 0.4) is 0 Å². The van der Waals surface area contributed by atoms with E-state index in [1.54, 1.807) is 7.11 Å². The second-order valence-corrected chi connectivity index (χ2v) is 10.1. The van der Waals surface area contributed by atoms with E-state index in [1.807, 2.05) is 60.7 Å². The molecule has 1 aliphatic rings. The smallest absolute Gasteiger partial charge is 0.151 e. The van der Waals surface area contributed by atoms with Crippen LogP contribution in [0.4, 0.5) is 5.69 Å². The zero-order valence-corrected chi connectivity index (χ0v) is 23.0. The fraction of sp³-hybridized carbons (Fsp3) is 0.344. The summed E-state index contributed by atoms with van der Waals surface area (Å²) in [6, 6.07) is 28.6. The van der Waals surface area contributed by atoms with Gasteiger partial charge in [-0.25, -0.2) is 0 Å². The van der Waals surface area contributed by atoms with Gasteiger partial charge >= 0.3 is 0 Å². The SMILES string of the molecule is COc1ccc(N2CCN(CCCN(C)Cc3cc(-c4ccc(OCc5ccccc5)cc4)no3)CC2)cc1. The minimum Gasteiger partial charge on any atom is -0.497 e. The average molecular weight is 527 g/mol. The molecule has 39 heavy (non-hydrogen) atoms. The molecule has 0 radical (unpaired) electrons. The van der Waals surface area contributed by atoms with Gasteiger partial charge in [-0.1, -0.05) is 35.5 Å². The summed E-state index contributed by atoms with van der Waals surface area (Å²) in [6.07, 6.45) is 1.13. The highest BCUT2D eigenvalue weighted by Gasteiger charge is 2.17. The molecule has 0 bridgehead atoms. The van der Waals surface area contributed by atoms with Crippen molar-refractivity contribution >= 4 is 5.69 Å². The first-order valence-corrected chi connectivity index (χ1v) is 13.7. The third-order valence-corrected chi connectivity index (χ3v) is 7.21. The van der Waals surface area contributed by atoms with Crippen LogP contribution in [-0.4, -0.2) is 68.4 Å². The van der Waals surface area contributed by atoms with Crippen molar-refractivity contribution < 1.29 is 14.0 Å². The van der Waals surface area contributed by atoms with Gasteiger partial charge in [0.1, 0.15) is 23.8 Å². The van der Waals surface area contributed by atoms with E-state index in [-0.39, 0.29) is 0 Å². The minimum absolute atomic E-state index is 0.556. The zero-order valence-electron chi connectivity index (χ0n) is 23.0. The lowest BCUT2D eigenvalue weighted by molar-refractivity contribution is 0.223. The quantitative estimate of drug-likeness (QED) is 0.239. The van der Waals surface area contributed by atoms with Crippen molar-refractivity contribution in [2.24, 2.45) is 0 Å². The molecule has 0 saturated carbocycles. The molecule has 0 spiro atoms. The Labute approximate surface area is 231 Å². The van der Waals surface area contributed by atoms with Crippen LogP contribution in [0.2, 0.25) is 0 Å². The van der Waals surface area contributed by atoms with Gasteiger partial charge in [-0.2, -0.15) is 0 Å². The lowest BCUT2D eigenvalue weighted by Gasteiger charge is -2.36. The van der Waals surface area contributed by atoms with Crippen molar-refractivity contribution in [3.8, 4) is 22.8 Å². The molecular weight excluding hydrogens is 488 g/mol. The largest absolute Gasteiger partial charge is 0.497 e. The van der Waals surface area contributed by atoms with Crippen LogP contribution in [0, 0.1) is 0 Å². The van der Waals surface area contributed by atoms with Crippen LogP contribution in [-0.2, 0) is 13.2 Å².